The lowest BCUT2D eigenvalue weighted by molar-refractivity contribution is -0.122. The van der Waals surface area contributed by atoms with Crippen LogP contribution in [0.25, 0.3) is 0 Å². The third-order valence-corrected chi connectivity index (χ3v) is 8.77. The Morgan fingerprint density at radius 1 is 0.821 bits per heavy atom. The Morgan fingerprint density at radius 2 is 1.46 bits per heavy atom. The van der Waals surface area contributed by atoms with Crippen molar-refractivity contribution in [3.05, 3.63) is 124 Å². The van der Waals surface area contributed by atoms with Gasteiger partial charge in [0.25, 0.3) is 0 Å². The molecular formula is C34H28N2O3. The van der Waals surface area contributed by atoms with E-state index in [1.165, 1.54) is 10.5 Å². The van der Waals surface area contributed by atoms with Gasteiger partial charge in [0.1, 0.15) is 5.75 Å². The summed E-state index contributed by atoms with van der Waals surface area (Å²) in [5.41, 5.74) is 7.10. The highest BCUT2D eigenvalue weighted by Crippen LogP contribution is 2.63. The molecule has 5 nitrogen and oxygen atoms in total. The molecule has 1 saturated heterocycles. The van der Waals surface area contributed by atoms with Crippen LogP contribution in [0.5, 0.6) is 5.75 Å². The summed E-state index contributed by atoms with van der Waals surface area (Å²) in [4.78, 5) is 35.1. The number of methoxy groups -OCH3 is 1. The summed E-state index contributed by atoms with van der Waals surface area (Å²) in [6.07, 6.45) is 1.96. The molecule has 4 aromatic rings. The summed E-state index contributed by atoms with van der Waals surface area (Å²) in [5.74, 6) is -0.984. The van der Waals surface area contributed by atoms with Crippen LogP contribution in [0.4, 0.5) is 11.4 Å². The number of hydrogen-bond donors (Lipinski definition) is 0. The van der Waals surface area contributed by atoms with E-state index in [0.29, 0.717) is 11.4 Å². The van der Waals surface area contributed by atoms with Crippen LogP contribution in [0.1, 0.15) is 39.3 Å². The van der Waals surface area contributed by atoms with Gasteiger partial charge in [0.2, 0.25) is 11.8 Å². The van der Waals surface area contributed by atoms with Gasteiger partial charge in [-0.1, -0.05) is 66.2 Å². The maximum Gasteiger partial charge on any atom is 0.239 e. The van der Waals surface area contributed by atoms with E-state index in [1.807, 2.05) is 36.5 Å². The standard InChI is InChI=1S/C34H28N2O3/c1-20-12-17-28(21(2)18-20)35-19-34-26-10-6-4-8-24(26)29(25-9-5-7-11-27(25)34)30-31(34)33(38)36(32(30)37)22-13-15-23(39-3)16-14-22/h4-19,29-31H,1-3H3/t29?,30-,31-,34?/m0/s1. The monoisotopic (exact) mass is 512 g/mol. The Hall–Kier alpha value is -4.51. The number of benzene rings is 4. The van der Waals surface area contributed by atoms with Crippen LogP contribution < -0.4 is 9.64 Å². The maximum atomic E-state index is 14.5. The van der Waals surface area contributed by atoms with Crippen molar-refractivity contribution < 1.29 is 14.3 Å². The molecule has 39 heavy (non-hydrogen) atoms. The van der Waals surface area contributed by atoms with Crippen molar-refractivity contribution in [1.82, 2.24) is 0 Å². The minimum Gasteiger partial charge on any atom is -0.497 e. The second-order valence-electron chi connectivity index (χ2n) is 10.8. The van der Waals surface area contributed by atoms with E-state index in [0.717, 1.165) is 33.5 Å². The van der Waals surface area contributed by atoms with Crippen molar-refractivity contribution in [1.29, 1.82) is 0 Å². The average Bonchev–Trinajstić information content (AvgIpc) is 3.23. The number of hydrogen-bond acceptors (Lipinski definition) is 4. The van der Waals surface area contributed by atoms with Gasteiger partial charge in [0.15, 0.2) is 0 Å². The van der Waals surface area contributed by atoms with Gasteiger partial charge in [-0.2, -0.15) is 0 Å². The number of aliphatic imine (C=N–C) groups is 1. The Bertz CT molecular complexity index is 1640. The third kappa shape index (κ3) is 3.16. The lowest BCUT2D eigenvalue weighted by Crippen LogP contribution is -2.54. The van der Waals surface area contributed by atoms with Gasteiger partial charge >= 0.3 is 0 Å². The third-order valence-electron chi connectivity index (χ3n) is 8.77. The minimum absolute atomic E-state index is 0.159. The van der Waals surface area contributed by atoms with Crippen LogP contribution in [0.15, 0.2) is 96.0 Å². The molecular weight excluding hydrogens is 484 g/mol. The summed E-state index contributed by atoms with van der Waals surface area (Å²) >= 11 is 0. The summed E-state index contributed by atoms with van der Waals surface area (Å²) in [6, 6.07) is 29.8. The first kappa shape index (κ1) is 23.6. The Kier molecular flexibility index (Phi) is 5.14. The van der Waals surface area contributed by atoms with Gasteiger partial charge in [0.05, 0.1) is 35.7 Å². The molecule has 0 radical (unpaired) electrons. The first-order chi connectivity index (χ1) is 19.0. The molecule has 0 N–H and O–H groups in total. The highest BCUT2D eigenvalue weighted by molar-refractivity contribution is 6.25. The first-order valence-electron chi connectivity index (χ1n) is 13.3. The largest absolute Gasteiger partial charge is 0.497 e. The van der Waals surface area contributed by atoms with E-state index in [9.17, 15) is 9.59 Å². The van der Waals surface area contributed by atoms with Crippen molar-refractivity contribution in [3.63, 3.8) is 0 Å². The SMILES string of the molecule is COc1ccc(N2C(=O)[C@@H]3[C@@H](C2=O)C2c4ccccc4C3(C=Nc3ccc(C)cc3C)c3ccccc32)cc1. The van der Waals surface area contributed by atoms with Crippen LogP contribution >= 0.6 is 0 Å². The molecule has 0 aromatic heterocycles. The summed E-state index contributed by atoms with van der Waals surface area (Å²) in [6.45, 7) is 4.12. The van der Waals surface area contributed by atoms with Gasteiger partial charge in [-0.3, -0.25) is 14.6 Å². The number of anilines is 1. The molecule has 192 valence electrons. The molecule has 0 spiro atoms. The van der Waals surface area contributed by atoms with Crippen LogP contribution in [-0.2, 0) is 15.0 Å². The topological polar surface area (TPSA) is 59.0 Å². The molecule has 4 aromatic carbocycles. The van der Waals surface area contributed by atoms with E-state index < -0.39 is 17.3 Å². The molecule has 1 heterocycles. The lowest BCUT2D eigenvalue weighted by atomic mass is 9.47. The van der Waals surface area contributed by atoms with Crippen molar-refractivity contribution >= 4 is 29.4 Å². The van der Waals surface area contributed by atoms with Crippen molar-refractivity contribution in [2.75, 3.05) is 12.0 Å². The van der Waals surface area contributed by atoms with Crippen LogP contribution in [-0.4, -0.2) is 25.1 Å². The van der Waals surface area contributed by atoms with Gasteiger partial charge in [-0.15, -0.1) is 0 Å². The lowest BCUT2D eigenvalue weighted by Gasteiger charge is -2.52. The predicted octanol–water partition coefficient (Wildman–Crippen LogP) is 6.27. The van der Waals surface area contributed by atoms with Crippen molar-refractivity contribution in [2.45, 2.75) is 25.2 Å². The highest BCUT2D eigenvalue weighted by Gasteiger charge is 2.67. The van der Waals surface area contributed by atoms with Crippen LogP contribution in [0.2, 0.25) is 0 Å². The number of ether oxygens (including phenoxy) is 1. The summed E-state index contributed by atoms with van der Waals surface area (Å²) in [5, 5.41) is 0. The fraction of sp³-hybridized carbons (Fsp3) is 0.206. The Morgan fingerprint density at radius 3 is 2.08 bits per heavy atom. The van der Waals surface area contributed by atoms with Gasteiger partial charge < -0.3 is 4.74 Å². The van der Waals surface area contributed by atoms with Gasteiger partial charge in [0, 0.05) is 12.1 Å². The summed E-state index contributed by atoms with van der Waals surface area (Å²) in [7, 11) is 1.60. The number of nitrogens with zero attached hydrogens (tertiary/aromatic N) is 2. The first-order valence-corrected chi connectivity index (χ1v) is 13.3. The average molecular weight is 513 g/mol. The van der Waals surface area contributed by atoms with Crippen molar-refractivity contribution in [3.8, 4) is 5.75 Å². The zero-order chi connectivity index (χ0) is 26.9. The van der Waals surface area contributed by atoms with E-state index in [1.54, 1.807) is 31.4 Å². The summed E-state index contributed by atoms with van der Waals surface area (Å²) < 4.78 is 5.31. The van der Waals surface area contributed by atoms with Gasteiger partial charge in [-0.25, -0.2) is 4.90 Å². The number of rotatable bonds is 4. The van der Waals surface area contributed by atoms with E-state index >= 15 is 0 Å². The minimum atomic E-state index is -0.877. The Balaban J connectivity index is 1.48. The zero-order valence-corrected chi connectivity index (χ0v) is 22.1. The van der Waals surface area contributed by atoms with Crippen molar-refractivity contribution in [2.24, 2.45) is 16.8 Å². The smallest absolute Gasteiger partial charge is 0.239 e. The number of imide groups is 1. The molecule has 2 amide bonds. The second kappa shape index (κ2) is 8.50. The number of carbonyl (C=O) groups is 2. The molecule has 4 aliphatic rings. The van der Waals surface area contributed by atoms with E-state index in [2.05, 4.69) is 50.2 Å². The fourth-order valence-corrected chi connectivity index (χ4v) is 7.16. The molecule has 2 atom stereocenters. The van der Waals surface area contributed by atoms with Crippen LogP contribution in [0.3, 0.4) is 0 Å². The predicted molar refractivity (Wildman–Crippen MR) is 152 cm³/mol. The molecule has 1 fully saturated rings. The van der Waals surface area contributed by atoms with Gasteiger partial charge in [-0.05, 0) is 72.0 Å². The molecule has 0 saturated carbocycles. The van der Waals surface area contributed by atoms with Crippen LogP contribution in [0, 0.1) is 25.7 Å². The maximum absolute atomic E-state index is 14.5. The second-order valence-corrected chi connectivity index (χ2v) is 10.8. The van der Waals surface area contributed by atoms with E-state index in [4.69, 9.17) is 9.73 Å². The van der Waals surface area contributed by atoms with E-state index in [-0.39, 0.29) is 17.7 Å². The molecule has 8 rings (SSSR count). The quantitative estimate of drug-likeness (QED) is 0.239. The number of carbonyl (C=O) groups excluding carboxylic acids is 2. The Labute approximate surface area is 227 Å². The fourth-order valence-electron chi connectivity index (χ4n) is 7.16. The molecule has 3 aliphatic carbocycles. The zero-order valence-electron chi connectivity index (χ0n) is 22.1. The molecule has 1 aliphatic heterocycles. The number of amides is 2. The normalized spacial score (nSPS) is 24.6. The molecule has 0 unspecified atom stereocenters. The highest BCUT2D eigenvalue weighted by atomic mass is 16.5. The molecule has 2 bridgehead atoms. The number of aryl methyl sites for hydroxylation is 2. The molecule has 5 heteroatoms.